The molecule has 212 valence electrons. The molecule has 5 rings (SSSR count). The van der Waals surface area contributed by atoms with Crippen LogP contribution >= 0.6 is 11.6 Å². The van der Waals surface area contributed by atoms with Crippen molar-refractivity contribution in [1.29, 1.82) is 0 Å². The van der Waals surface area contributed by atoms with Crippen LogP contribution in [0.3, 0.4) is 0 Å². The van der Waals surface area contributed by atoms with Crippen LogP contribution in [0.4, 0.5) is 0 Å². The second kappa shape index (κ2) is 14.7. The number of pyridine rings is 1. The van der Waals surface area contributed by atoms with Crippen LogP contribution in [0, 0.1) is 6.92 Å². The molecule has 0 aliphatic carbocycles. The number of nitrogens with one attached hydrogen (secondary N) is 1. The van der Waals surface area contributed by atoms with Crippen molar-refractivity contribution in [2.24, 2.45) is 5.10 Å². The molecule has 1 aliphatic heterocycles. The van der Waals surface area contributed by atoms with E-state index in [4.69, 9.17) is 16.6 Å². The van der Waals surface area contributed by atoms with E-state index in [0.717, 1.165) is 65.4 Å². The van der Waals surface area contributed by atoms with Gasteiger partial charge in [-0.15, -0.1) is 0 Å². The Morgan fingerprint density at radius 2 is 1.71 bits per heavy atom. The Kier molecular flexibility index (Phi) is 10.8. The SMILES string of the molecule is C=C(NC(Cc1ccc(C)cc1)CN1CCC=N1)c1cc(CC)c2cc(/C=C/c3ccc(Cl)cc3)ccc2n1.CC. The van der Waals surface area contributed by atoms with E-state index in [1.807, 2.05) is 44.3 Å². The number of aromatic nitrogens is 1. The predicted octanol–water partition coefficient (Wildman–Crippen LogP) is 8.82. The van der Waals surface area contributed by atoms with E-state index in [9.17, 15) is 0 Å². The number of hydrogen-bond donors (Lipinski definition) is 1. The molecule has 0 amide bonds. The molecular weight excluding hydrogens is 524 g/mol. The molecule has 0 spiro atoms. The zero-order valence-electron chi connectivity index (χ0n) is 24.7. The number of halogens is 1. The lowest BCUT2D eigenvalue weighted by Crippen LogP contribution is -2.39. The molecule has 0 saturated carbocycles. The third kappa shape index (κ3) is 8.31. The highest BCUT2D eigenvalue weighted by atomic mass is 35.5. The Balaban J connectivity index is 0.00000189. The fourth-order valence-corrected chi connectivity index (χ4v) is 5.08. The minimum atomic E-state index is 0.165. The van der Waals surface area contributed by atoms with E-state index in [2.05, 4.69) is 96.5 Å². The molecule has 41 heavy (non-hydrogen) atoms. The smallest absolute Gasteiger partial charge is 0.0865 e. The van der Waals surface area contributed by atoms with Crippen molar-refractivity contribution in [3.05, 3.63) is 118 Å². The molecule has 1 N–H and O–H groups in total. The first-order valence-electron chi connectivity index (χ1n) is 14.6. The molecule has 0 bridgehead atoms. The van der Waals surface area contributed by atoms with Crippen LogP contribution in [-0.4, -0.2) is 35.3 Å². The molecule has 0 saturated heterocycles. The molecule has 1 aromatic heterocycles. The van der Waals surface area contributed by atoms with Gasteiger partial charge in [-0.2, -0.15) is 5.10 Å². The average molecular weight is 565 g/mol. The molecule has 0 radical (unpaired) electrons. The maximum Gasteiger partial charge on any atom is 0.0865 e. The predicted molar refractivity (Wildman–Crippen MR) is 178 cm³/mol. The molecule has 1 atom stereocenters. The first-order chi connectivity index (χ1) is 20.0. The second-order valence-electron chi connectivity index (χ2n) is 10.2. The summed E-state index contributed by atoms with van der Waals surface area (Å²) in [4.78, 5) is 5.01. The summed E-state index contributed by atoms with van der Waals surface area (Å²) < 4.78 is 0. The monoisotopic (exact) mass is 564 g/mol. The van der Waals surface area contributed by atoms with Gasteiger partial charge in [0.2, 0.25) is 0 Å². The second-order valence-corrected chi connectivity index (χ2v) is 10.6. The number of nitrogens with zero attached hydrogens (tertiary/aromatic N) is 3. The Hall–Kier alpha value is -3.89. The normalized spacial score (nSPS) is 13.3. The number of rotatable bonds is 10. The average Bonchev–Trinajstić information content (AvgIpc) is 3.51. The van der Waals surface area contributed by atoms with Crippen molar-refractivity contribution in [2.75, 3.05) is 13.1 Å². The lowest BCUT2D eigenvalue weighted by atomic mass is 10.0. The summed E-state index contributed by atoms with van der Waals surface area (Å²) in [7, 11) is 0. The number of benzene rings is 3. The molecule has 3 aromatic carbocycles. The summed E-state index contributed by atoms with van der Waals surface area (Å²) in [5, 5.41) is 12.3. The molecule has 4 nitrogen and oxygen atoms in total. The Morgan fingerprint density at radius 3 is 2.39 bits per heavy atom. The largest absolute Gasteiger partial charge is 0.379 e. The standard InChI is InChI=1S/C34H35ClN4.C2H6/c1-4-29-22-34(38-33-17-14-28(21-32(29)33)11-10-26-12-15-30(35)16-13-26)25(3)37-31(23-39-19-5-18-36-39)20-27-8-6-24(2)7-9-27;1-2/h6-18,21-22,31,37H,3-5,19-20,23H2,1-2H3;1-2H3/b11-10+;. The van der Waals surface area contributed by atoms with Crippen LogP contribution < -0.4 is 5.32 Å². The Morgan fingerprint density at radius 1 is 1.00 bits per heavy atom. The summed E-state index contributed by atoms with van der Waals surface area (Å²) in [6.07, 6.45) is 9.04. The van der Waals surface area contributed by atoms with E-state index in [0.29, 0.717) is 0 Å². The summed E-state index contributed by atoms with van der Waals surface area (Å²) >= 11 is 6.02. The van der Waals surface area contributed by atoms with Gasteiger partial charge in [0.05, 0.1) is 23.5 Å². The molecule has 4 aromatic rings. The van der Waals surface area contributed by atoms with Crippen molar-refractivity contribution in [2.45, 2.75) is 53.0 Å². The number of hydrazone groups is 1. The molecule has 1 unspecified atom stereocenters. The molecular formula is C36H41ClN4. The van der Waals surface area contributed by atoms with Gasteiger partial charge < -0.3 is 5.32 Å². The van der Waals surface area contributed by atoms with Crippen LogP contribution in [0.1, 0.15) is 60.7 Å². The third-order valence-electron chi connectivity index (χ3n) is 7.12. The van der Waals surface area contributed by atoms with Crippen LogP contribution in [0.25, 0.3) is 28.8 Å². The van der Waals surface area contributed by atoms with Gasteiger partial charge in [-0.1, -0.05) is 99.1 Å². The van der Waals surface area contributed by atoms with Crippen molar-refractivity contribution in [3.8, 4) is 0 Å². The van der Waals surface area contributed by atoms with Gasteiger partial charge in [-0.25, -0.2) is 4.98 Å². The number of fused-ring (bicyclic) bond motifs is 1. The van der Waals surface area contributed by atoms with Gasteiger partial charge in [-0.3, -0.25) is 5.01 Å². The summed E-state index contributed by atoms with van der Waals surface area (Å²) in [5.74, 6) is 0. The fraction of sp³-hybridized carbons (Fsp3) is 0.278. The minimum Gasteiger partial charge on any atom is -0.379 e. The molecule has 2 heterocycles. The van der Waals surface area contributed by atoms with Gasteiger partial charge in [-0.05, 0) is 72.4 Å². The van der Waals surface area contributed by atoms with Crippen LogP contribution in [0.5, 0.6) is 0 Å². The van der Waals surface area contributed by atoms with E-state index >= 15 is 0 Å². The highest BCUT2D eigenvalue weighted by Crippen LogP contribution is 2.25. The zero-order valence-corrected chi connectivity index (χ0v) is 25.5. The quantitative estimate of drug-likeness (QED) is 0.196. The van der Waals surface area contributed by atoms with E-state index < -0.39 is 0 Å². The van der Waals surface area contributed by atoms with Gasteiger partial charge in [0, 0.05) is 35.6 Å². The molecule has 0 fully saturated rings. The maximum absolute atomic E-state index is 6.02. The highest BCUT2D eigenvalue weighted by Gasteiger charge is 2.18. The highest BCUT2D eigenvalue weighted by molar-refractivity contribution is 6.30. The van der Waals surface area contributed by atoms with Gasteiger partial charge in [0.1, 0.15) is 0 Å². The first kappa shape index (κ1) is 30.1. The summed E-state index contributed by atoms with van der Waals surface area (Å²) in [6, 6.07) is 25.4. The maximum atomic E-state index is 6.02. The van der Waals surface area contributed by atoms with Crippen molar-refractivity contribution in [1.82, 2.24) is 15.3 Å². The van der Waals surface area contributed by atoms with Crippen LogP contribution in [0.15, 0.2) is 84.5 Å². The lowest BCUT2D eigenvalue weighted by molar-refractivity contribution is 0.284. The van der Waals surface area contributed by atoms with Crippen LogP contribution in [0.2, 0.25) is 5.02 Å². The summed E-state index contributed by atoms with van der Waals surface area (Å²) in [5.41, 5.74) is 8.81. The minimum absolute atomic E-state index is 0.165. The topological polar surface area (TPSA) is 40.5 Å². The Bertz CT molecular complexity index is 1500. The van der Waals surface area contributed by atoms with E-state index in [1.165, 1.54) is 22.1 Å². The molecule has 1 aliphatic rings. The van der Waals surface area contributed by atoms with E-state index in [1.54, 1.807) is 0 Å². The van der Waals surface area contributed by atoms with Crippen molar-refractivity contribution in [3.63, 3.8) is 0 Å². The fourth-order valence-electron chi connectivity index (χ4n) is 4.95. The lowest BCUT2D eigenvalue weighted by Gasteiger charge is -2.26. The third-order valence-corrected chi connectivity index (χ3v) is 7.37. The number of hydrogen-bond acceptors (Lipinski definition) is 4. The van der Waals surface area contributed by atoms with E-state index in [-0.39, 0.29) is 6.04 Å². The molecule has 5 heteroatoms. The van der Waals surface area contributed by atoms with Crippen molar-refractivity contribution < 1.29 is 0 Å². The first-order valence-corrected chi connectivity index (χ1v) is 15.0. The van der Waals surface area contributed by atoms with Gasteiger partial charge in [0.15, 0.2) is 0 Å². The zero-order chi connectivity index (χ0) is 29.2. The van der Waals surface area contributed by atoms with Gasteiger partial charge in [0.25, 0.3) is 0 Å². The number of aryl methyl sites for hydroxylation is 2. The Labute approximate surface area is 250 Å². The van der Waals surface area contributed by atoms with Crippen LogP contribution in [-0.2, 0) is 12.8 Å². The summed E-state index contributed by atoms with van der Waals surface area (Å²) in [6.45, 7) is 14.5. The van der Waals surface area contributed by atoms with Gasteiger partial charge >= 0.3 is 0 Å². The van der Waals surface area contributed by atoms with Crippen molar-refractivity contribution >= 4 is 46.6 Å².